The molecule has 0 radical (unpaired) electrons. The number of aryl methyl sites for hydroxylation is 1. The second-order valence-corrected chi connectivity index (χ2v) is 7.41. The fourth-order valence-electron chi connectivity index (χ4n) is 2.33. The molecule has 110 valence electrons. The lowest BCUT2D eigenvalue weighted by Crippen LogP contribution is -2.38. The van der Waals surface area contributed by atoms with Crippen LogP contribution in [0.4, 0.5) is 5.00 Å². The van der Waals surface area contributed by atoms with Crippen LogP contribution in [0.1, 0.15) is 32.5 Å². The SMILES string of the molecule is Cc1sc2c(c1C)C(=O)N[C@@H](c1cc(Br)cc(Cl)c1O)N2. The lowest BCUT2D eigenvalue weighted by atomic mass is 10.1. The van der Waals surface area contributed by atoms with E-state index in [1.165, 1.54) is 11.3 Å². The zero-order valence-corrected chi connectivity index (χ0v) is 14.4. The second-order valence-electron chi connectivity index (χ2n) is 4.86. The Hall–Kier alpha value is -1.24. The van der Waals surface area contributed by atoms with E-state index in [0.717, 1.165) is 19.9 Å². The topological polar surface area (TPSA) is 61.4 Å². The summed E-state index contributed by atoms with van der Waals surface area (Å²) in [6.07, 6.45) is -0.516. The van der Waals surface area contributed by atoms with Gasteiger partial charge in [-0.1, -0.05) is 27.5 Å². The van der Waals surface area contributed by atoms with Crippen LogP contribution in [0.5, 0.6) is 5.75 Å². The molecule has 0 spiro atoms. The molecule has 4 nitrogen and oxygen atoms in total. The van der Waals surface area contributed by atoms with E-state index < -0.39 is 6.17 Å². The first-order valence-electron chi connectivity index (χ1n) is 6.23. The molecule has 0 bridgehead atoms. The van der Waals surface area contributed by atoms with Crippen LogP contribution in [0.15, 0.2) is 16.6 Å². The molecule has 0 saturated heterocycles. The first kappa shape index (κ1) is 14.7. The van der Waals surface area contributed by atoms with Crippen molar-refractivity contribution in [2.45, 2.75) is 20.0 Å². The van der Waals surface area contributed by atoms with E-state index >= 15 is 0 Å². The Morgan fingerprint density at radius 3 is 2.76 bits per heavy atom. The van der Waals surface area contributed by atoms with Crippen molar-refractivity contribution in [3.05, 3.63) is 43.2 Å². The van der Waals surface area contributed by atoms with Crippen molar-refractivity contribution in [2.24, 2.45) is 0 Å². The Bertz CT molecular complexity index is 760. The van der Waals surface area contributed by atoms with Crippen molar-refractivity contribution in [2.75, 3.05) is 5.32 Å². The highest BCUT2D eigenvalue weighted by Crippen LogP contribution is 2.41. The van der Waals surface area contributed by atoms with Crippen LogP contribution in [0, 0.1) is 13.8 Å². The predicted molar refractivity (Wildman–Crippen MR) is 88.4 cm³/mol. The van der Waals surface area contributed by atoms with Gasteiger partial charge in [-0.15, -0.1) is 11.3 Å². The maximum Gasteiger partial charge on any atom is 0.256 e. The van der Waals surface area contributed by atoms with Crippen molar-refractivity contribution < 1.29 is 9.90 Å². The zero-order chi connectivity index (χ0) is 15.3. The van der Waals surface area contributed by atoms with Gasteiger partial charge < -0.3 is 15.7 Å². The number of halogens is 2. The molecular weight excluding hydrogens is 376 g/mol. The highest BCUT2D eigenvalue weighted by Gasteiger charge is 2.30. The van der Waals surface area contributed by atoms with Crippen LogP contribution in [-0.2, 0) is 0 Å². The van der Waals surface area contributed by atoms with Gasteiger partial charge in [-0.3, -0.25) is 4.79 Å². The van der Waals surface area contributed by atoms with Gasteiger partial charge in [0.2, 0.25) is 0 Å². The number of anilines is 1. The summed E-state index contributed by atoms with van der Waals surface area (Å²) in [5.74, 6) is -0.183. The maximum absolute atomic E-state index is 12.3. The number of hydrogen-bond acceptors (Lipinski definition) is 4. The number of phenolic OH excluding ortho intramolecular Hbond substituents is 1. The molecule has 2 aromatic rings. The van der Waals surface area contributed by atoms with Crippen molar-refractivity contribution in [1.29, 1.82) is 0 Å². The van der Waals surface area contributed by atoms with Crippen molar-refractivity contribution in [1.82, 2.24) is 5.32 Å². The fourth-order valence-corrected chi connectivity index (χ4v) is 4.25. The Balaban J connectivity index is 2.06. The average molecular weight is 388 g/mol. The molecule has 21 heavy (non-hydrogen) atoms. The van der Waals surface area contributed by atoms with Crippen LogP contribution in [0.2, 0.25) is 5.02 Å². The smallest absolute Gasteiger partial charge is 0.256 e. The molecule has 1 atom stereocenters. The minimum Gasteiger partial charge on any atom is -0.506 e. The fraction of sp³-hybridized carbons (Fsp3) is 0.214. The van der Waals surface area contributed by atoms with Gasteiger partial charge in [-0.2, -0.15) is 0 Å². The molecule has 1 amide bonds. The van der Waals surface area contributed by atoms with Crippen molar-refractivity contribution in [3.63, 3.8) is 0 Å². The number of nitrogens with one attached hydrogen (secondary N) is 2. The van der Waals surface area contributed by atoms with E-state index in [1.807, 2.05) is 13.8 Å². The maximum atomic E-state index is 12.3. The number of fused-ring (bicyclic) bond motifs is 1. The Kier molecular flexibility index (Phi) is 3.63. The molecule has 0 aliphatic carbocycles. The number of thiophene rings is 1. The molecular formula is C14H12BrClN2O2S. The Morgan fingerprint density at radius 2 is 2.05 bits per heavy atom. The predicted octanol–water partition coefficient (Wildman–Crippen LogP) is 4.34. The summed E-state index contributed by atoms with van der Waals surface area (Å²) < 4.78 is 0.737. The van der Waals surface area contributed by atoms with E-state index in [2.05, 4.69) is 26.6 Å². The third kappa shape index (κ3) is 2.41. The van der Waals surface area contributed by atoms with Crippen LogP contribution in [0.25, 0.3) is 0 Å². The number of carbonyl (C=O) groups is 1. The molecule has 3 N–H and O–H groups in total. The number of carbonyl (C=O) groups excluding carboxylic acids is 1. The number of aromatic hydroxyl groups is 1. The first-order chi connectivity index (χ1) is 9.88. The summed E-state index contributed by atoms with van der Waals surface area (Å²) >= 11 is 10.9. The molecule has 1 aliphatic rings. The monoisotopic (exact) mass is 386 g/mol. The van der Waals surface area contributed by atoms with Crippen molar-refractivity contribution in [3.8, 4) is 5.75 Å². The molecule has 1 aromatic carbocycles. The molecule has 7 heteroatoms. The summed E-state index contributed by atoms with van der Waals surface area (Å²) in [6.45, 7) is 3.91. The minimum absolute atomic E-state index is 0.0360. The highest BCUT2D eigenvalue weighted by atomic mass is 79.9. The minimum atomic E-state index is -0.516. The molecule has 0 fully saturated rings. The Morgan fingerprint density at radius 1 is 1.33 bits per heavy atom. The van der Waals surface area contributed by atoms with Gasteiger partial charge in [0.05, 0.1) is 10.6 Å². The normalized spacial score (nSPS) is 17.1. The lowest BCUT2D eigenvalue weighted by molar-refractivity contribution is 0.0935. The Labute approximate surface area is 139 Å². The second kappa shape index (κ2) is 5.19. The third-order valence-corrected chi connectivity index (χ3v) is 5.42. The summed E-state index contributed by atoms with van der Waals surface area (Å²) in [6, 6.07) is 3.34. The summed E-state index contributed by atoms with van der Waals surface area (Å²) in [5, 5.41) is 17.3. The molecule has 3 rings (SSSR count). The molecule has 1 aliphatic heterocycles. The number of hydrogen-bond donors (Lipinski definition) is 3. The van der Waals surface area contributed by atoms with Crippen LogP contribution in [0.3, 0.4) is 0 Å². The number of rotatable bonds is 1. The van der Waals surface area contributed by atoms with E-state index in [4.69, 9.17) is 11.6 Å². The van der Waals surface area contributed by atoms with Gasteiger partial charge in [-0.05, 0) is 31.5 Å². The zero-order valence-electron chi connectivity index (χ0n) is 11.3. The summed E-state index contributed by atoms with van der Waals surface area (Å²) in [5.41, 5.74) is 2.18. The number of phenols is 1. The largest absolute Gasteiger partial charge is 0.506 e. The highest BCUT2D eigenvalue weighted by molar-refractivity contribution is 9.10. The van der Waals surface area contributed by atoms with Crippen LogP contribution in [-0.4, -0.2) is 11.0 Å². The summed E-state index contributed by atoms with van der Waals surface area (Å²) in [7, 11) is 0. The third-order valence-electron chi connectivity index (χ3n) is 3.53. The van der Waals surface area contributed by atoms with Gasteiger partial charge in [-0.25, -0.2) is 0 Å². The average Bonchev–Trinajstić information content (AvgIpc) is 2.69. The quantitative estimate of drug-likeness (QED) is 0.682. The van der Waals surface area contributed by atoms with E-state index in [0.29, 0.717) is 11.1 Å². The van der Waals surface area contributed by atoms with E-state index in [-0.39, 0.29) is 16.7 Å². The molecule has 0 saturated carbocycles. The standard InChI is InChI=1S/C14H12BrClN2O2S/c1-5-6(2)21-14-10(5)13(20)17-12(18-14)8-3-7(15)4-9(16)11(8)19/h3-4,12,18-19H,1-2H3,(H,17,20)/t12-/m1/s1. The van der Waals surface area contributed by atoms with Gasteiger partial charge >= 0.3 is 0 Å². The summed E-state index contributed by atoms with van der Waals surface area (Å²) in [4.78, 5) is 13.4. The van der Waals surface area contributed by atoms with E-state index in [9.17, 15) is 9.90 Å². The van der Waals surface area contributed by atoms with Crippen LogP contribution >= 0.6 is 38.9 Å². The van der Waals surface area contributed by atoms with Crippen molar-refractivity contribution >= 4 is 49.8 Å². The van der Waals surface area contributed by atoms with Gasteiger partial charge in [0.25, 0.3) is 5.91 Å². The van der Waals surface area contributed by atoms with Crippen LogP contribution < -0.4 is 10.6 Å². The first-order valence-corrected chi connectivity index (χ1v) is 8.22. The van der Waals surface area contributed by atoms with Gasteiger partial charge in [0, 0.05) is 14.9 Å². The lowest BCUT2D eigenvalue weighted by Gasteiger charge is -2.27. The number of benzene rings is 1. The number of amides is 1. The van der Waals surface area contributed by atoms with Gasteiger partial charge in [0.1, 0.15) is 16.9 Å². The van der Waals surface area contributed by atoms with E-state index in [1.54, 1.807) is 12.1 Å². The molecule has 1 aromatic heterocycles. The van der Waals surface area contributed by atoms with Gasteiger partial charge in [0.15, 0.2) is 0 Å². The molecule has 0 unspecified atom stereocenters. The molecule has 2 heterocycles.